The van der Waals surface area contributed by atoms with E-state index in [1.165, 1.54) is 0 Å². The number of ketones is 1. The molecule has 6 heteroatoms. The molecule has 6 nitrogen and oxygen atoms in total. The Hall–Kier alpha value is -1.66. The van der Waals surface area contributed by atoms with Crippen molar-refractivity contribution in [3.05, 3.63) is 24.0 Å². The van der Waals surface area contributed by atoms with Crippen molar-refractivity contribution in [2.24, 2.45) is 0 Å². The zero-order valence-corrected chi connectivity index (χ0v) is 12.2. The molecule has 0 aromatic carbocycles. The number of Topliss-reactive ketones (excluding diaryl/α,β-unsaturated/α-hetero) is 1. The summed E-state index contributed by atoms with van der Waals surface area (Å²) in [5, 5.41) is 3.01. The van der Waals surface area contributed by atoms with E-state index < -0.39 is 0 Å². The van der Waals surface area contributed by atoms with Gasteiger partial charge in [-0.2, -0.15) is 0 Å². The number of rotatable bonds is 6. The second kappa shape index (κ2) is 6.41. The average molecular weight is 290 g/mol. The lowest BCUT2D eigenvalue weighted by atomic mass is 10.2. The van der Waals surface area contributed by atoms with Crippen molar-refractivity contribution >= 4 is 11.7 Å². The Morgan fingerprint density at radius 2 is 1.81 bits per heavy atom. The molecule has 2 heterocycles. The number of nitrogens with zero attached hydrogens (tertiary/aromatic N) is 2. The van der Waals surface area contributed by atoms with E-state index in [4.69, 9.17) is 0 Å². The Balaban J connectivity index is 1.38. The van der Waals surface area contributed by atoms with Crippen LogP contribution in [0.3, 0.4) is 0 Å². The van der Waals surface area contributed by atoms with Crippen molar-refractivity contribution in [1.29, 1.82) is 0 Å². The molecule has 0 spiro atoms. The summed E-state index contributed by atoms with van der Waals surface area (Å²) in [5.41, 5.74) is 0.668. The maximum absolute atomic E-state index is 12.0. The lowest BCUT2D eigenvalue weighted by molar-refractivity contribution is -0.122. The van der Waals surface area contributed by atoms with Gasteiger partial charge in [0.2, 0.25) is 5.91 Å². The molecule has 1 saturated heterocycles. The second-order valence-corrected chi connectivity index (χ2v) is 5.90. The third-order valence-corrected chi connectivity index (χ3v) is 4.04. The van der Waals surface area contributed by atoms with Crippen molar-refractivity contribution in [3.63, 3.8) is 0 Å². The summed E-state index contributed by atoms with van der Waals surface area (Å²) < 4.78 is 0. The lowest BCUT2D eigenvalue weighted by Crippen LogP contribution is -2.50. The van der Waals surface area contributed by atoms with Crippen LogP contribution in [0.1, 0.15) is 23.3 Å². The largest absolute Gasteiger partial charge is 0.359 e. The standard InChI is InChI=1S/C15H22N4O2/c20-14(13-2-1-5-16-13)10-18-6-8-19(9-7-18)11-15(21)17-12-3-4-12/h1-2,5,12,16H,3-4,6-11H2,(H,17,21). The number of H-pyrrole nitrogens is 1. The molecule has 1 saturated carbocycles. The van der Waals surface area contributed by atoms with Crippen LogP contribution >= 0.6 is 0 Å². The van der Waals surface area contributed by atoms with Gasteiger partial charge in [-0.3, -0.25) is 19.4 Å². The number of nitrogens with one attached hydrogen (secondary N) is 2. The van der Waals surface area contributed by atoms with Gasteiger partial charge in [0.25, 0.3) is 0 Å². The Morgan fingerprint density at radius 3 is 2.38 bits per heavy atom. The van der Waals surface area contributed by atoms with E-state index in [-0.39, 0.29) is 11.7 Å². The Bertz CT molecular complexity index is 488. The zero-order chi connectivity index (χ0) is 14.7. The summed E-state index contributed by atoms with van der Waals surface area (Å²) in [4.78, 5) is 31.0. The quantitative estimate of drug-likeness (QED) is 0.729. The van der Waals surface area contributed by atoms with Crippen LogP contribution in [-0.2, 0) is 4.79 Å². The van der Waals surface area contributed by atoms with Gasteiger partial charge in [0, 0.05) is 38.4 Å². The first-order valence-electron chi connectivity index (χ1n) is 7.61. The van der Waals surface area contributed by atoms with Gasteiger partial charge in [0.15, 0.2) is 5.78 Å². The van der Waals surface area contributed by atoms with E-state index >= 15 is 0 Å². The molecule has 1 amide bonds. The number of hydrogen-bond donors (Lipinski definition) is 2. The van der Waals surface area contributed by atoms with Crippen LogP contribution in [0.25, 0.3) is 0 Å². The van der Waals surface area contributed by atoms with Crippen molar-refractivity contribution in [2.75, 3.05) is 39.3 Å². The summed E-state index contributed by atoms with van der Waals surface area (Å²) in [6.45, 7) is 4.29. The van der Waals surface area contributed by atoms with Crippen LogP contribution in [0.15, 0.2) is 18.3 Å². The highest BCUT2D eigenvalue weighted by Crippen LogP contribution is 2.18. The van der Waals surface area contributed by atoms with Gasteiger partial charge in [-0.25, -0.2) is 0 Å². The van der Waals surface area contributed by atoms with E-state index in [0.29, 0.717) is 24.8 Å². The summed E-state index contributed by atoms with van der Waals surface area (Å²) in [6.07, 6.45) is 4.02. The zero-order valence-electron chi connectivity index (χ0n) is 12.2. The topological polar surface area (TPSA) is 68.4 Å². The number of carbonyl (C=O) groups is 2. The average Bonchev–Trinajstić information content (AvgIpc) is 3.10. The molecule has 0 bridgehead atoms. The highest BCUT2D eigenvalue weighted by molar-refractivity contribution is 5.95. The molecular formula is C15H22N4O2. The summed E-state index contributed by atoms with van der Waals surface area (Å²) in [6, 6.07) is 4.07. The predicted octanol–water partition coefficient (Wildman–Crippen LogP) is 0.0936. The number of aromatic nitrogens is 1. The van der Waals surface area contributed by atoms with Crippen LogP contribution in [0, 0.1) is 0 Å². The van der Waals surface area contributed by atoms with Crippen molar-refractivity contribution in [2.45, 2.75) is 18.9 Å². The fraction of sp³-hybridized carbons (Fsp3) is 0.600. The highest BCUT2D eigenvalue weighted by Gasteiger charge is 2.25. The lowest BCUT2D eigenvalue weighted by Gasteiger charge is -2.33. The molecule has 21 heavy (non-hydrogen) atoms. The minimum absolute atomic E-state index is 0.125. The molecule has 1 aliphatic carbocycles. The van der Waals surface area contributed by atoms with Gasteiger partial charge in [0.1, 0.15) is 0 Å². The van der Waals surface area contributed by atoms with Crippen molar-refractivity contribution in [1.82, 2.24) is 20.1 Å². The second-order valence-electron chi connectivity index (χ2n) is 5.90. The third kappa shape index (κ3) is 4.15. The molecule has 0 radical (unpaired) electrons. The maximum Gasteiger partial charge on any atom is 0.234 e. The van der Waals surface area contributed by atoms with Gasteiger partial charge in [0.05, 0.1) is 18.8 Å². The summed E-state index contributed by atoms with van der Waals surface area (Å²) in [7, 11) is 0. The SMILES string of the molecule is O=C(CN1CCN(CC(=O)c2ccc[nH]2)CC1)NC1CC1. The van der Waals surface area contributed by atoms with Crippen LogP contribution < -0.4 is 5.32 Å². The molecule has 1 aromatic rings. The molecule has 0 unspecified atom stereocenters. The first-order valence-corrected chi connectivity index (χ1v) is 7.61. The molecule has 2 aliphatic rings. The molecular weight excluding hydrogens is 268 g/mol. The monoisotopic (exact) mass is 290 g/mol. The number of hydrogen-bond acceptors (Lipinski definition) is 4. The molecule has 2 N–H and O–H groups in total. The Morgan fingerprint density at radius 1 is 1.14 bits per heavy atom. The fourth-order valence-electron chi connectivity index (χ4n) is 2.60. The van der Waals surface area contributed by atoms with Crippen molar-refractivity contribution < 1.29 is 9.59 Å². The fourth-order valence-corrected chi connectivity index (χ4v) is 2.60. The van der Waals surface area contributed by atoms with Gasteiger partial charge < -0.3 is 10.3 Å². The maximum atomic E-state index is 12.0. The third-order valence-electron chi connectivity index (χ3n) is 4.04. The summed E-state index contributed by atoms with van der Waals surface area (Å²) >= 11 is 0. The van der Waals surface area contributed by atoms with Gasteiger partial charge in [-0.15, -0.1) is 0 Å². The normalized spacial score (nSPS) is 20.4. The van der Waals surface area contributed by atoms with Crippen LogP contribution in [0.2, 0.25) is 0 Å². The van der Waals surface area contributed by atoms with E-state index in [1.54, 1.807) is 12.3 Å². The van der Waals surface area contributed by atoms with Crippen molar-refractivity contribution in [3.8, 4) is 0 Å². The first kappa shape index (κ1) is 14.3. The Kier molecular flexibility index (Phi) is 4.36. The highest BCUT2D eigenvalue weighted by atomic mass is 16.2. The van der Waals surface area contributed by atoms with Gasteiger partial charge in [-0.05, 0) is 25.0 Å². The van der Waals surface area contributed by atoms with Gasteiger partial charge >= 0.3 is 0 Å². The minimum atomic E-state index is 0.125. The minimum Gasteiger partial charge on any atom is -0.359 e. The molecule has 1 aromatic heterocycles. The molecule has 0 atom stereocenters. The number of amides is 1. The number of aromatic amines is 1. The van der Waals surface area contributed by atoms with Crippen LogP contribution in [0.4, 0.5) is 0 Å². The first-order chi connectivity index (χ1) is 10.2. The van der Waals surface area contributed by atoms with E-state index in [1.807, 2.05) is 6.07 Å². The van der Waals surface area contributed by atoms with Crippen LogP contribution in [0.5, 0.6) is 0 Å². The molecule has 114 valence electrons. The predicted molar refractivity (Wildman–Crippen MR) is 79.2 cm³/mol. The number of carbonyl (C=O) groups excluding carboxylic acids is 2. The van der Waals surface area contributed by atoms with Crippen LogP contribution in [-0.4, -0.2) is 71.8 Å². The molecule has 3 rings (SSSR count). The molecule has 2 fully saturated rings. The van der Waals surface area contributed by atoms with E-state index in [9.17, 15) is 9.59 Å². The summed E-state index contributed by atoms with van der Waals surface area (Å²) in [5.74, 6) is 0.258. The number of piperazine rings is 1. The van der Waals surface area contributed by atoms with Gasteiger partial charge in [-0.1, -0.05) is 0 Å². The smallest absolute Gasteiger partial charge is 0.234 e. The molecule has 1 aliphatic heterocycles. The van der Waals surface area contributed by atoms with E-state index in [2.05, 4.69) is 20.1 Å². The Labute approximate surface area is 124 Å². The van der Waals surface area contributed by atoms with E-state index in [0.717, 1.165) is 39.0 Å².